The zero-order valence-corrected chi connectivity index (χ0v) is 3.14. The van der Waals surface area contributed by atoms with Crippen molar-refractivity contribution in [3.8, 4) is 0 Å². The molecule has 0 bridgehead atoms. The van der Waals surface area contributed by atoms with E-state index < -0.39 is 0 Å². The first-order chi connectivity index (χ1) is 2.91. The minimum Gasteiger partial charge on any atom is -0.344 e. The lowest BCUT2D eigenvalue weighted by molar-refractivity contribution is -0.110. The van der Waals surface area contributed by atoms with Crippen molar-refractivity contribution in [1.82, 2.24) is 10.8 Å². The molecule has 0 aliphatic rings. The number of carbonyl (C=O) groups is 1. The molecule has 0 aromatic heterocycles. The standard InChI is InChI=1S/C2H6N2O2/c5-2-3-1-4-6/h2,4,6H,1H2,(H,3,5). The van der Waals surface area contributed by atoms with Gasteiger partial charge in [-0.2, -0.15) is 5.48 Å². The van der Waals surface area contributed by atoms with Crippen LogP contribution in [0.1, 0.15) is 0 Å². The molecule has 0 radical (unpaired) electrons. The maximum Gasteiger partial charge on any atom is 0.208 e. The Kier molecular flexibility index (Phi) is 3.94. The van der Waals surface area contributed by atoms with Crippen molar-refractivity contribution in [2.24, 2.45) is 0 Å². The van der Waals surface area contributed by atoms with Crippen LogP contribution in [0.2, 0.25) is 0 Å². The van der Waals surface area contributed by atoms with E-state index in [1.54, 1.807) is 5.48 Å². The number of nitrogens with one attached hydrogen (secondary N) is 2. The summed E-state index contributed by atoms with van der Waals surface area (Å²) >= 11 is 0. The molecule has 0 aliphatic carbocycles. The van der Waals surface area contributed by atoms with Crippen LogP contribution in [0.3, 0.4) is 0 Å². The van der Waals surface area contributed by atoms with Crippen LogP contribution in [0, 0.1) is 0 Å². The van der Waals surface area contributed by atoms with Crippen molar-refractivity contribution < 1.29 is 10.0 Å². The van der Waals surface area contributed by atoms with Crippen LogP contribution in [0.15, 0.2) is 0 Å². The normalized spacial score (nSPS) is 7.50. The van der Waals surface area contributed by atoms with E-state index in [9.17, 15) is 4.79 Å². The predicted octanol–water partition coefficient (Wildman–Crippen LogP) is -1.33. The maximum absolute atomic E-state index is 9.30. The summed E-state index contributed by atoms with van der Waals surface area (Å²) in [4.78, 5) is 9.30. The summed E-state index contributed by atoms with van der Waals surface area (Å²) in [6.45, 7) is 0.101. The van der Waals surface area contributed by atoms with Crippen molar-refractivity contribution in [2.75, 3.05) is 6.67 Å². The summed E-state index contributed by atoms with van der Waals surface area (Å²) in [5, 5.41) is 9.88. The van der Waals surface area contributed by atoms with Crippen LogP contribution < -0.4 is 10.8 Å². The SMILES string of the molecule is O=CNCNO. The topological polar surface area (TPSA) is 61.4 Å². The molecule has 0 heterocycles. The van der Waals surface area contributed by atoms with Gasteiger partial charge >= 0.3 is 0 Å². The Hall–Kier alpha value is -0.610. The summed E-state index contributed by atoms with van der Waals surface area (Å²) < 4.78 is 0. The lowest BCUT2D eigenvalue weighted by Gasteiger charge is -1.88. The predicted molar refractivity (Wildman–Crippen MR) is 19.0 cm³/mol. The van der Waals surface area contributed by atoms with Gasteiger partial charge < -0.3 is 10.5 Å². The average molecular weight is 90.1 g/mol. The maximum atomic E-state index is 9.30. The van der Waals surface area contributed by atoms with Gasteiger partial charge in [-0.25, -0.2) is 0 Å². The van der Waals surface area contributed by atoms with E-state index in [2.05, 4.69) is 5.32 Å². The third kappa shape index (κ3) is 3.39. The van der Waals surface area contributed by atoms with E-state index in [4.69, 9.17) is 5.21 Å². The molecular weight excluding hydrogens is 84.0 g/mol. The number of amides is 1. The summed E-state index contributed by atoms with van der Waals surface area (Å²) in [5.41, 5.74) is 1.73. The molecule has 6 heavy (non-hydrogen) atoms. The molecule has 1 amide bonds. The fourth-order valence-electron chi connectivity index (χ4n) is 0.0873. The zero-order valence-electron chi connectivity index (χ0n) is 3.14. The lowest BCUT2D eigenvalue weighted by Crippen LogP contribution is -2.24. The second-order valence-corrected chi connectivity index (χ2v) is 0.657. The molecule has 0 atom stereocenters. The first-order valence-corrected chi connectivity index (χ1v) is 1.46. The van der Waals surface area contributed by atoms with E-state index >= 15 is 0 Å². The van der Waals surface area contributed by atoms with Crippen LogP contribution in [0.5, 0.6) is 0 Å². The number of hydrogen-bond donors (Lipinski definition) is 3. The van der Waals surface area contributed by atoms with Gasteiger partial charge in [-0.1, -0.05) is 0 Å². The Morgan fingerprint density at radius 2 is 2.50 bits per heavy atom. The third-order valence-electron chi connectivity index (χ3n) is 0.264. The van der Waals surface area contributed by atoms with Gasteiger partial charge in [0.25, 0.3) is 0 Å². The van der Waals surface area contributed by atoms with Crippen molar-refractivity contribution in [2.45, 2.75) is 0 Å². The highest BCUT2D eigenvalue weighted by Gasteiger charge is 1.67. The van der Waals surface area contributed by atoms with Crippen molar-refractivity contribution in [3.05, 3.63) is 0 Å². The highest BCUT2D eigenvalue weighted by molar-refractivity contribution is 5.45. The molecule has 4 heteroatoms. The molecule has 0 unspecified atom stereocenters. The van der Waals surface area contributed by atoms with Crippen LogP contribution in [-0.2, 0) is 4.79 Å². The summed E-state index contributed by atoms with van der Waals surface area (Å²) in [5.74, 6) is 0. The lowest BCUT2D eigenvalue weighted by atomic mass is 11.1. The van der Waals surface area contributed by atoms with Gasteiger partial charge in [0.2, 0.25) is 6.41 Å². The van der Waals surface area contributed by atoms with Crippen LogP contribution in [-0.4, -0.2) is 18.3 Å². The Labute approximate surface area is 35.1 Å². The van der Waals surface area contributed by atoms with E-state index in [1.165, 1.54) is 0 Å². The molecule has 0 fully saturated rings. The fourth-order valence-corrected chi connectivity index (χ4v) is 0.0873. The smallest absolute Gasteiger partial charge is 0.208 e. The van der Waals surface area contributed by atoms with Crippen molar-refractivity contribution in [3.63, 3.8) is 0 Å². The summed E-state index contributed by atoms with van der Waals surface area (Å²) in [6, 6.07) is 0. The molecule has 0 aromatic rings. The molecule has 36 valence electrons. The Morgan fingerprint density at radius 3 is 2.67 bits per heavy atom. The van der Waals surface area contributed by atoms with Crippen LogP contribution >= 0.6 is 0 Å². The Balaban J connectivity index is 2.49. The highest BCUT2D eigenvalue weighted by Crippen LogP contribution is 1.32. The first kappa shape index (κ1) is 5.39. The fraction of sp³-hybridized carbons (Fsp3) is 0.500. The summed E-state index contributed by atoms with van der Waals surface area (Å²) in [7, 11) is 0. The molecule has 4 nitrogen and oxygen atoms in total. The average Bonchev–Trinajstić information content (AvgIpc) is 1.61. The van der Waals surface area contributed by atoms with Gasteiger partial charge in [-0.15, -0.1) is 0 Å². The number of rotatable bonds is 3. The zero-order chi connectivity index (χ0) is 4.83. The minimum atomic E-state index is 0.101. The van der Waals surface area contributed by atoms with Gasteiger partial charge in [0, 0.05) is 0 Å². The molecule has 0 saturated carbocycles. The second kappa shape index (κ2) is 4.39. The van der Waals surface area contributed by atoms with Gasteiger partial charge in [0.05, 0.1) is 6.67 Å². The Morgan fingerprint density at radius 1 is 1.83 bits per heavy atom. The number of hydrogen-bond acceptors (Lipinski definition) is 3. The van der Waals surface area contributed by atoms with Crippen LogP contribution in [0.25, 0.3) is 0 Å². The van der Waals surface area contributed by atoms with Crippen molar-refractivity contribution >= 4 is 6.41 Å². The molecule has 0 aromatic carbocycles. The molecule has 0 spiro atoms. The molecule has 0 aliphatic heterocycles. The van der Waals surface area contributed by atoms with E-state index in [1.807, 2.05) is 0 Å². The van der Waals surface area contributed by atoms with Gasteiger partial charge in [-0.05, 0) is 0 Å². The van der Waals surface area contributed by atoms with E-state index in [-0.39, 0.29) is 6.67 Å². The quantitative estimate of drug-likeness (QED) is 0.174. The van der Waals surface area contributed by atoms with E-state index in [0.29, 0.717) is 6.41 Å². The van der Waals surface area contributed by atoms with Gasteiger partial charge in [0.15, 0.2) is 0 Å². The van der Waals surface area contributed by atoms with Gasteiger partial charge in [0.1, 0.15) is 0 Å². The third-order valence-corrected chi connectivity index (χ3v) is 0.264. The molecule has 3 N–H and O–H groups in total. The monoisotopic (exact) mass is 90.0 g/mol. The largest absolute Gasteiger partial charge is 0.344 e. The van der Waals surface area contributed by atoms with Crippen LogP contribution in [0.4, 0.5) is 0 Å². The second-order valence-electron chi connectivity index (χ2n) is 0.657. The molecule has 0 rings (SSSR count). The first-order valence-electron chi connectivity index (χ1n) is 1.46. The minimum absolute atomic E-state index is 0.101. The van der Waals surface area contributed by atoms with E-state index in [0.717, 1.165) is 0 Å². The Bertz CT molecular complexity index is 38.5. The van der Waals surface area contributed by atoms with Crippen molar-refractivity contribution in [1.29, 1.82) is 0 Å². The molecular formula is C2H6N2O2. The highest BCUT2D eigenvalue weighted by atomic mass is 16.5. The number of carbonyl (C=O) groups excluding carboxylic acids is 1. The van der Waals surface area contributed by atoms with Gasteiger partial charge in [-0.3, -0.25) is 4.79 Å². The summed E-state index contributed by atoms with van der Waals surface area (Å²) in [6.07, 6.45) is 0.489. The molecule has 0 saturated heterocycles. The number of hydroxylamine groups is 1.